The van der Waals surface area contributed by atoms with Gasteiger partial charge in [0.15, 0.2) is 0 Å². The van der Waals surface area contributed by atoms with Crippen LogP contribution >= 0.6 is 0 Å². The summed E-state index contributed by atoms with van der Waals surface area (Å²) >= 11 is 0. The van der Waals surface area contributed by atoms with Crippen LogP contribution < -0.4 is 14.4 Å². The molecule has 0 aliphatic heterocycles. The number of hydrogen-bond acceptors (Lipinski definition) is 4. The van der Waals surface area contributed by atoms with E-state index in [0.717, 1.165) is 27.3 Å². The van der Waals surface area contributed by atoms with Crippen LogP contribution in [0.15, 0.2) is 36.4 Å². The van der Waals surface area contributed by atoms with Crippen molar-refractivity contribution in [1.29, 1.82) is 0 Å². The summed E-state index contributed by atoms with van der Waals surface area (Å²) in [7, 11) is -3.64. The van der Waals surface area contributed by atoms with Crippen LogP contribution in [0.1, 0.15) is 30.5 Å². The molecule has 1 amide bonds. The molecular weight excluding hydrogens is 376 g/mol. The lowest BCUT2D eigenvalue weighted by molar-refractivity contribution is -0.114. The molecule has 152 valence electrons. The third kappa shape index (κ3) is 5.73. The molecule has 0 radical (unpaired) electrons. The predicted octanol–water partition coefficient (Wildman–Crippen LogP) is 3.80. The van der Waals surface area contributed by atoms with Crippen molar-refractivity contribution in [2.45, 2.75) is 40.7 Å². The molecule has 1 N–H and O–H groups in total. The molecule has 0 aromatic heterocycles. The van der Waals surface area contributed by atoms with Crippen molar-refractivity contribution in [3.05, 3.63) is 53.1 Å². The van der Waals surface area contributed by atoms with Crippen molar-refractivity contribution < 1.29 is 17.9 Å². The Balaban J connectivity index is 2.26. The highest BCUT2D eigenvalue weighted by Gasteiger charge is 2.24. The maximum Gasteiger partial charge on any atom is 0.245 e. The molecule has 7 heteroatoms. The van der Waals surface area contributed by atoms with Crippen LogP contribution in [0.2, 0.25) is 0 Å². The summed E-state index contributed by atoms with van der Waals surface area (Å²) < 4.78 is 31.6. The monoisotopic (exact) mass is 404 g/mol. The molecule has 0 unspecified atom stereocenters. The van der Waals surface area contributed by atoms with Crippen LogP contribution in [0, 0.1) is 20.8 Å². The van der Waals surface area contributed by atoms with E-state index in [9.17, 15) is 13.2 Å². The number of hydrogen-bond donors (Lipinski definition) is 1. The number of benzene rings is 2. The van der Waals surface area contributed by atoms with Gasteiger partial charge in [-0.3, -0.25) is 9.10 Å². The van der Waals surface area contributed by atoms with Gasteiger partial charge in [-0.2, -0.15) is 0 Å². The highest BCUT2D eigenvalue weighted by atomic mass is 32.2. The summed E-state index contributed by atoms with van der Waals surface area (Å²) in [5, 5.41) is 2.75. The third-order valence-corrected chi connectivity index (χ3v) is 5.17. The van der Waals surface area contributed by atoms with Crippen LogP contribution in [-0.2, 0) is 14.8 Å². The van der Waals surface area contributed by atoms with Crippen molar-refractivity contribution in [2.24, 2.45) is 0 Å². The maximum atomic E-state index is 12.6. The lowest BCUT2D eigenvalue weighted by Gasteiger charge is -2.26. The van der Waals surface area contributed by atoms with Gasteiger partial charge in [-0.05, 0) is 57.9 Å². The Bertz CT molecular complexity index is 945. The summed E-state index contributed by atoms with van der Waals surface area (Å²) in [6, 6.07) is 10.8. The van der Waals surface area contributed by atoms with E-state index in [-0.39, 0.29) is 12.6 Å². The Morgan fingerprint density at radius 3 is 2.25 bits per heavy atom. The van der Waals surface area contributed by atoms with Crippen molar-refractivity contribution in [2.75, 3.05) is 22.4 Å². The Labute approximate surface area is 167 Å². The van der Waals surface area contributed by atoms with Crippen LogP contribution in [0.4, 0.5) is 11.4 Å². The lowest BCUT2D eigenvalue weighted by Crippen LogP contribution is -2.38. The molecule has 0 heterocycles. The average Bonchev–Trinajstić information content (AvgIpc) is 2.51. The minimum Gasteiger partial charge on any atom is -0.491 e. The first kappa shape index (κ1) is 21.8. The fraction of sp³-hybridized carbons (Fsp3) is 0.381. The molecule has 2 rings (SSSR count). The number of amides is 1. The van der Waals surface area contributed by atoms with Gasteiger partial charge < -0.3 is 10.1 Å². The highest BCUT2D eigenvalue weighted by Crippen LogP contribution is 2.28. The van der Waals surface area contributed by atoms with Crippen LogP contribution in [0.5, 0.6) is 5.75 Å². The SMILES string of the molecule is Cc1cc(C)c(N(CC(=O)Nc2cccc(OC(C)C)c2)S(C)(=O)=O)c(C)c1. The van der Waals surface area contributed by atoms with Gasteiger partial charge in [0, 0.05) is 11.8 Å². The van der Waals surface area contributed by atoms with Gasteiger partial charge in [-0.1, -0.05) is 23.8 Å². The van der Waals surface area contributed by atoms with Crippen LogP contribution in [0.25, 0.3) is 0 Å². The van der Waals surface area contributed by atoms with Crippen LogP contribution in [0.3, 0.4) is 0 Å². The molecule has 0 bridgehead atoms. The Morgan fingerprint density at radius 2 is 1.71 bits per heavy atom. The van der Waals surface area contributed by atoms with E-state index in [2.05, 4.69) is 5.32 Å². The molecule has 0 aliphatic carbocycles. The summed E-state index contributed by atoms with van der Waals surface area (Å²) in [5.41, 5.74) is 3.75. The first-order chi connectivity index (χ1) is 13.0. The fourth-order valence-electron chi connectivity index (χ4n) is 3.18. The minimum atomic E-state index is -3.64. The average molecular weight is 405 g/mol. The standard InChI is InChI=1S/C21H28N2O4S/c1-14(2)27-19-9-7-8-18(12-19)22-20(24)13-23(28(6,25)26)21-16(4)10-15(3)11-17(21)5/h7-12,14H,13H2,1-6H3,(H,22,24). The molecule has 0 aliphatic rings. The van der Waals surface area contributed by atoms with Gasteiger partial charge in [0.05, 0.1) is 18.0 Å². The number of ether oxygens (including phenoxy) is 1. The Hall–Kier alpha value is -2.54. The second kappa shape index (κ2) is 8.65. The fourth-order valence-corrected chi connectivity index (χ4v) is 4.15. The van der Waals surface area contributed by atoms with Gasteiger partial charge in [0.2, 0.25) is 15.9 Å². The molecule has 0 saturated heterocycles. The van der Waals surface area contributed by atoms with E-state index in [1.807, 2.05) is 46.8 Å². The second-order valence-electron chi connectivity index (χ2n) is 7.26. The minimum absolute atomic E-state index is 0.0131. The Morgan fingerprint density at radius 1 is 1.11 bits per heavy atom. The number of carbonyl (C=O) groups is 1. The number of sulfonamides is 1. The van der Waals surface area contributed by atoms with Gasteiger partial charge in [-0.15, -0.1) is 0 Å². The number of aryl methyl sites for hydroxylation is 3. The second-order valence-corrected chi connectivity index (χ2v) is 9.17. The van der Waals surface area contributed by atoms with Crippen molar-refractivity contribution in [3.8, 4) is 5.75 Å². The molecule has 0 fully saturated rings. The van der Waals surface area contributed by atoms with Gasteiger partial charge in [0.1, 0.15) is 12.3 Å². The van der Waals surface area contributed by atoms with Gasteiger partial charge in [0.25, 0.3) is 0 Å². The summed E-state index contributed by atoms with van der Waals surface area (Å²) in [4.78, 5) is 12.6. The van der Waals surface area contributed by atoms with E-state index < -0.39 is 15.9 Å². The van der Waals surface area contributed by atoms with Gasteiger partial charge >= 0.3 is 0 Å². The van der Waals surface area contributed by atoms with E-state index in [1.54, 1.807) is 24.3 Å². The van der Waals surface area contributed by atoms with E-state index in [0.29, 0.717) is 17.1 Å². The quantitative estimate of drug-likeness (QED) is 0.761. The maximum absolute atomic E-state index is 12.6. The zero-order valence-electron chi connectivity index (χ0n) is 17.2. The normalized spacial score (nSPS) is 11.4. The summed E-state index contributed by atoms with van der Waals surface area (Å²) in [6.07, 6.45) is 1.12. The zero-order chi connectivity index (χ0) is 21.1. The summed E-state index contributed by atoms with van der Waals surface area (Å²) in [5.74, 6) is 0.212. The van der Waals surface area contributed by atoms with Crippen molar-refractivity contribution >= 4 is 27.3 Å². The zero-order valence-corrected chi connectivity index (χ0v) is 18.1. The molecule has 2 aromatic rings. The van der Waals surface area contributed by atoms with E-state index >= 15 is 0 Å². The van der Waals surface area contributed by atoms with E-state index in [1.165, 1.54) is 0 Å². The number of rotatable bonds is 7. The highest BCUT2D eigenvalue weighted by molar-refractivity contribution is 7.92. The molecule has 2 aromatic carbocycles. The number of anilines is 2. The van der Waals surface area contributed by atoms with E-state index in [4.69, 9.17) is 4.74 Å². The number of nitrogens with one attached hydrogen (secondary N) is 1. The number of nitrogens with zero attached hydrogens (tertiary/aromatic N) is 1. The first-order valence-electron chi connectivity index (χ1n) is 9.09. The Kier molecular flexibility index (Phi) is 6.72. The molecule has 0 spiro atoms. The smallest absolute Gasteiger partial charge is 0.245 e. The molecule has 28 heavy (non-hydrogen) atoms. The largest absolute Gasteiger partial charge is 0.491 e. The molecule has 0 atom stereocenters. The van der Waals surface area contributed by atoms with Crippen LogP contribution in [-0.4, -0.2) is 33.2 Å². The molecular formula is C21H28N2O4S. The third-order valence-electron chi connectivity index (χ3n) is 4.06. The molecule has 6 nitrogen and oxygen atoms in total. The lowest BCUT2D eigenvalue weighted by atomic mass is 10.1. The van der Waals surface area contributed by atoms with Crippen molar-refractivity contribution in [1.82, 2.24) is 0 Å². The van der Waals surface area contributed by atoms with Crippen molar-refractivity contribution in [3.63, 3.8) is 0 Å². The number of carbonyl (C=O) groups excluding carboxylic acids is 1. The first-order valence-corrected chi connectivity index (χ1v) is 10.9. The predicted molar refractivity (Wildman–Crippen MR) is 114 cm³/mol. The molecule has 0 saturated carbocycles. The summed E-state index contributed by atoms with van der Waals surface area (Å²) in [6.45, 7) is 9.17. The van der Waals surface area contributed by atoms with Gasteiger partial charge in [-0.25, -0.2) is 8.42 Å². The topological polar surface area (TPSA) is 75.7 Å².